The first-order valence-electron chi connectivity index (χ1n) is 6.81. The third kappa shape index (κ3) is 3.02. The minimum atomic E-state index is -0.103. The molecule has 18 heavy (non-hydrogen) atoms. The molecule has 0 aromatic heterocycles. The third-order valence-corrected chi connectivity index (χ3v) is 3.76. The van der Waals surface area contributed by atoms with E-state index >= 15 is 0 Å². The fourth-order valence-corrected chi connectivity index (χ4v) is 2.54. The molecule has 0 bridgehead atoms. The molecule has 3 heteroatoms. The van der Waals surface area contributed by atoms with Crippen LogP contribution in [-0.2, 0) is 0 Å². The molecule has 2 nitrogen and oxygen atoms in total. The second-order valence-electron chi connectivity index (χ2n) is 5.53. The van der Waals surface area contributed by atoms with Gasteiger partial charge in [0.1, 0.15) is 5.82 Å². The molecule has 1 fully saturated rings. The number of nitrogens with one attached hydrogen (secondary N) is 1. The number of nitrogens with zero attached hydrogens (tertiary/aromatic N) is 1. The Balaban J connectivity index is 2.21. The summed E-state index contributed by atoms with van der Waals surface area (Å²) in [5.41, 5.74) is 1.82. The summed E-state index contributed by atoms with van der Waals surface area (Å²) < 4.78 is 13.7. The van der Waals surface area contributed by atoms with E-state index in [1.165, 1.54) is 6.07 Å². The normalized spacial score (nSPS) is 25.7. The quantitative estimate of drug-likeness (QED) is 0.824. The Labute approximate surface area is 109 Å². The zero-order valence-corrected chi connectivity index (χ0v) is 11.5. The maximum absolute atomic E-state index is 13.7. The van der Waals surface area contributed by atoms with E-state index < -0.39 is 0 Å². The summed E-state index contributed by atoms with van der Waals surface area (Å²) in [5, 5.41) is 3.53. The lowest BCUT2D eigenvalue weighted by Crippen LogP contribution is -2.42. The summed E-state index contributed by atoms with van der Waals surface area (Å²) in [4.78, 5) is 2.33. The summed E-state index contributed by atoms with van der Waals surface area (Å²) >= 11 is 0. The van der Waals surface area contributed by atoms with Gasteiger partial charge in [-0.15, -0.1) is 0 Å². The predicted octanol–water partition coefficient (Wildman–Crippen LogP) is 2.96. The van der Waals surface area contributed by atoms with Crippen LogP contribution in [0.1, 0.15) is 25.8 Å². The first-order chi connectivity index (χ1) is 8.58. The number of rotatable bonds is 1. The van der Waals surface area contributed by atoms with Gasteiger partial charge in [-0.2, -0.15) is 0 Å². The van der Waals surface area contributed by atoms with E-state index in [0.29, 0.717) is 12.0 Å². The van der Waals surface area contributed by atoms with E-state index in [4.69, 9.17) is 0 Å². The van der Waals surface area contributed by atoms with Crippen molar-refractivity contribution < 1.29 is 4.39 Å². The topological polar surface area (TPSA) is 15.3 Å². The van der Waals surface area contributed by atoms with Gasteiger partial charge in [0.15, 0.2) is 0 Å². The average molecular weight is 250 g/mol. The lowest BCUT2D eigenvalue weighted by Gasteiger charge is -2.33. The maximum atomic E-state index is 13.7. The average Bonchev–Trinajstić information content (AvgIpc) is 2.33. The van der Waals surface area contributed by atoms with E-state index in [0.717, 1.165) is 37.3 Å². The Morgan fingerprint density at radius 2 is 2.11 bits per heavy atom. The van der Waals surface area contributed by atoms with Gasteiger partial charge in [-0.1, -0.05) is 13.0 Å². The van der Waals surface area contributed by atoms with Crippen LogP contribution in [0.5, 0.6) is 0 Å². The lowest BCUT2D eigenvalue weighted by molar-refractivity contribution is 0.410. The van der Waals surface area contributed by atoms with Crippen molar-refractivity contribution in [1.29, 1.82) is 0 Å². The Hall–Kier alpha value is -1.09. The van der Waals surface area contributed by atoms with Crippen LogP contribution in [0.3, 0.4) is 0 Å². The Bertz CT molecular complexity index is 405. The van der Waals surface area contributed by atoms with Gasteiger partial charge in [0.25, 0.3) is 0 Å². The Morgan fingerprint density at radius 1 is 1.33 bits per heavy atom. The van der Waals surface area contributed by atoms with Gasteiger partial charge in [-0.3, -0.25) is 0 Å². The first kappa shape index (κ1) is 13.3. The highest BCUT2D eigenvalue weighted by Gasteiger charge is 2.18. The molecule has 0 aliphatic carbocycles. The molecular weight excluding hydrogens is 227 g/mol. The minimum Gasteiger partial charge on any atom is -0.371 e. The van der Waals surface area contributed by atoms with Gasteiger partial charge in [0, 0.05) is 30.4 Å². The summed E-state index contributed by atoms with van der Waals surface area (Å²) in [5.74, 6) is 0.476. The summed E-state index contributed by atoms with van der Waals surface area (Å²) in [6.45, 7) is 9.34. The van der Waals surface area contributed by atoms with Crippen LogP contribution < -0.4 is 10.2 Å². The van der Waals surface area contributed by atoms with Crippen LogP contribution in [0.15, 0.2) is 18.2 Å². The van der Waals surface area contributed by atoms with Gasteiger partial charge in [-0.25, -0.2) is 4.39 Å². The standard InChI is InChI=1S/C15H23FN2/c1-11-9-17-12(2)7-8-18(10-11)15-6-4-5-14(16)13(15)3/h4-6,11-12,17H,7-10H2,1-3H3. The van der Waals surface area contributed by atoms with Crippen molar-refractivity contribution in [3.05, 3.63) is 29.6 Å². The second-order valence-corrected chi connectivity index (χ2v) is 5.53. The Morgan fingerprint density at radius 3 is 2.89 bits per heavy atom. The van der Waals surface area contributed by atoms with E-state index in [1.54, 1.807) is 0 Å². The second kappa shape index (κ2) is 5.70. The van der Waals surface area contributed by atoms with E-state index in [2.05, 4.69) is 24.1 Å². The monoisotopic (exact) mass is 250 g/mol. The molecule has 0 amide bonds. The highest BCUT2D eigenvalue weighted by atomic mass is 19.1. The molecule has 2 atom stereocenters. The largest absolute Gasteiger partial charge is 0.371 e. The lowest BCUT2D eigenvalue weighted by atomic mass is 10.0. The van der Waals surface area contributed by atoms with Crippen LogP contribution in [0.4, 0.5) is 10.1 Å². The van der Waals surface area contributed by atoms with E-state index in [-0.39, 0.29) is 5.82 Å². The van der Waals surface area contributed by atoms with Crippen molar-refractivity contribution in [2.45, 2.75) is 33.2 Å². The molecule has 0 spiro atoms. The molecular formula is C15H23FN2. The fourth-order valence-electron chi connectivity index (χ4n) is 2.54. The maximum Gasteiger partial charge on any atom is 0.128 e. The highest BCUT2D eigenvalue weighted by Crippen LogP contribution is 2.24. The predicted molar refractivity (Wildman–Crippen MR) is 74.6 cm³/mol. The zero-order chi connectivity index (χ0) is 13.1. The van der Waals surface area contributed by atoms with Crippen LogP contribution in [0, 0.1) is 18.7 Å². The van der Waals surface area contributed by atoms with Crippen molar-refractivity contribution in [2.75, 3.05) is 24.5 Å². The first-order valence-corrected chi connectivity index (χ1v) is 6.81. The van der Waals surface area contributed by atoms with E-state index in [9.17, 15) is 4.39 Å². The molecule has 2 unspecified atom stereocenters. The SMILES string of the molecule is Cc1c(F)cccc1N1CCC(C)NCC(C)C1. The van der Waals surface area contributed by atoms with Gasteiger partial charge in [-0.05, 0) is 44.9 Å². The molecule has 1 N–H and O–H groups in total. The zero-order valence-electron chi connectivity index (χ0n) is 11.5. The van der Waals surface area contributed by atoms with Crippen LogP contribution in [-0.4, -0.2) is 25.7 Å². The van der Waals surface area contributed by atoms with Crippen LogP contribution in [0.25, 0.3) is 0 Å². The van der Waals surface area contributed by atoms with Crippen molar-refractivity contribution in [1.82, 2.24) is 5.32 Å². The molecule has 100 valence electrons. The summed E-state index contributed by atoms with van der Waals surface area (Å²) in [6.07, 6.45) is 1.10. The molecule has 0 radical (unpaired) electrons. The van der Waals surface area contributed by atoms with Crippen molar-refractivity contribution in [3.63, 3.8) is 0 Å². The molecule has 0 saturated carbocycles. The van der Waals surface area contributed by atoms with Gasteiger partial charge >= 0.3 is 0 Å². The van der Waals surface area contributed by atoms with Gasteiger partial charge in [0.05, 0.1) is 0 Å². The third-order valence-electron chi connectivity index (χ3n) is 3.76. The molecule has 2 rings (SSSR count). The molecule has 1 aliphatic rings. The summed E-state index contributed by atoms with van der Waals surface area (Å²) in [6, 6.07) is 5.91. The minimum absolute atomic E-state index is 0.103. The molecule has 1 aliphatic heterocycles. The summed E-state index contributed by atoms with van der Waals surface area (Å²) in [7, 11) is 0. The number of benzene rings is 1. The number of halogens is 1. The van der Waals surface area contributed by atoms with E-state index in [1.807, 2.05) is 19.1 Å². The van der Waals surface area contributed by atoms with Crippen molar-refractivity contribution >= 4 is 5.69 Å². The number of hydrogen-bond donors (Lipinski definition) is 1. The van der Waals surface area contributed by atoms with Crippen molar-refractivity contribution in [2.24, 2.45) is 5.92 Å². The highest BCUT2D eigenvalue weighted by molar-refractivity contribution is 5.53. The molecule has 1 saturated heterocycles. The molecule has 1 heterocycles. The molecule has 1 aromatic carbocycles. The fraction of sp³-hybridized carbons (Fsp3) is 0.600. The smallest absolute Gasteiger partial charge is 0.128 e. The number of hydrogen-bond acceptors (Lipinski definition) is 2. The van der Waals surface area contributed by atoms with Gasteiger partial charge < -0.3 is 10.2 Å². The van der Waals surface area contributed by atoms with Gasteiger partial charge in [0.2, 0.25) is 0 Å². The van der Waals surface area contributed by atoms with Crippen LogP contribution in [0.2, 0.25) is 0 Å². The number of anilines is 1. The van der Waals surface area contributed by atoms with Crippen molar-refractivity contribution in [3.8, 4) is 0 Å². The Kier molecular flexibility index (Phi) is 4.23. The molecule has 1 aromatic rings. The van der Waals surface area contributed by atoms with Crippen LogP contribution >= 0.6 is 0 Å².